The first-order chi connectivity index (χ1) is 8.50. The van der Waals surface area contributed by atoms with Crippen LogP contribution < -0.4 is 0 Å². The van der Waals surface area contributed by atoms with E-state index in [4.69, 9.17) is 0 Å². The van der Waals surface area contributed by atoms with Crippen LogP contribution in [0.1, 0.15) is 58.4 Å². The molecule has 0 spiro atoms. The third-order valence-corrected chi connectivity index (χ3v) is 3.80. The van der Waals surface area contributed by atoms with Gasteiger partial charge in [0.25, 0.3) is 0 Å². The van der Waals surface area contributed by atoms with Crippen molar-refractivity contribution >= 4 is 0 Å². The molecule has 0 aliphatic rings. The summed E-state index contributed by atoms with van der Waals surface area (Å²) in [6.45, 7) is 6.50. The molecule has 3 heteroatoms. The van der Waals surface area contributed by atoms with Crippen LogP contribution in [0.5, 0.6) is 0 Å². The van der Waals surface area contributed by atoms with Gasteiger partial charge in [0.2, 0.25) is 0 Å². The fourth-order valence-corrected chi connectivity index (χ4v) is 2.26. The molecule has 1 aromatic rings. The van der Waals surface area contributed by atoms with Crippen molar-refractivity contribution < 1.29 is 30.5 Å². The van der Waals surface area contributed by atoms with Crippen molar-refractivity contribution in [2.75, 3.05) is 0 Å². The van der Waals surface area contributed by atoms with Crippen LogP contribution in [0.3, 0.4) is 0 Å². The number of rotatable bonds is 7. The number of hydrogen-bond acceptors (Lipinski definition) is 0. The summed E-state index contributed by atoms with van der Waals surface area (Å²) in [6.07, 6.45) is 6.34. The van der Waals surface area contributed by atoms with Crippen molar-refractivity contribution in [2.45, 2.75) is 59.3 Å². The van der Waals surface area contributed by atoms with Crippen molar-refractivity contribution in [2.24, 2.45) is 5.41 Å². The SMILES string of the molecule is CCCCCC(C)(CC)Cc1ccc(F)[c-]c1F.[Ti]. The maximum absolute atomic E-state index is 13.6. The van der Waals surface area contributed by atoms with Gasteiger partial charge in [-0.05, 0) is 11.8 Å². The molecule has 0 amide bonds. The largest absolute Gasteiger partial charge is 0.236 e. The third-order valence-electron chi connectivity index (χ3n) is 3.80. The molecule has 1 unspecified atom stereocenters. The van der Waals surface area contributed by atoms with E-state index in [1.54, 1.807) is 6.07 Å². The van der Waals surface area contributed by atoms with E-state index in [-0.39, 0.29) is 27.1 Å². The van der Waals surface area contributed by atoms with Gasteiger partial charge in [-0.3, -0.25) is 0 Å². The minimum Gasteiger partial charge on any atom is -0.236 e. The van der Waals surface area contributed by atoms with Crippen LogP contribution in [-0.2, 0) is 28.1 Å². The molecule has 0 aromatic heterocycles. The summed E-state index contributed by atoms with van der Waals surface area (Å²) in [5, 5.41) is 0. The Morgan fingerprint density at radius 1 is 1.16 bits per heavy atom. The van der Waals surface area contributed by atoms with Gasteiger partial charge in [-0.2, -0.15) is 6.07 Å². The second-order valence-corrected chi connectivity index (χ2v) is 5.44. The minimum atomic E-state index is -0.625. The molecule has 106 valence electrons. The Morgan fingerprint density at radius 3 is 2.37 bits per heavy atom. The Labute approximate surface area is 130 Å². The quantitative estimate of drug-likeness (QED) is 0.364. The predicted molar refractivity (Wildman–Crippen MR) is 71.4 cm³/mol. The molecule has 0 aliphatic carbocycles. The molecule has 0 aliphatic heterocycles. The Balaban J connectivity index is 0.00000324. The summed E-state index contributed by atoms with van der Waals surface area (Å²) in [7, 11) is 0. The summed E-state index contributed by atoms with van der Waals surface area (Å²) in [4.78, 5) is 0. The molecule has 0 N–H and O–H groups in total. The van der Waals surface area contributed by atoms with Gasteiger partial charge in [-0.25, -0.2) is 8.78 Å². The summed E-state index contributed by atoms with van der Waals surface area (Å²) in [5.74, 6) is -1.16. The van der Waals surface area contributed by atoms with Gasteiger partial charge in [0.15, 0.2) is 0 Å². The van der Waals surface area contributed by atoms with Crippen LogP contribution in [0, 0.1) is 23.1 Å². The van der Waals surface area contributed by atoms with E-state index in [9.17, 15) is 8.78 Å². The molecular formula is C16H23F2Ti-. The zero-order valence-electron chi connectivity index (χ0n) is 12.2. The predicted octanol–water partition coefficient (Wildman–Crippen LogP) is 5.30. The van der Waals surface area contributed by atoms with E-state index in [0.717, 1.165) is 12.8 Å². The van der Waals surface area contributed by atoms with Crippen molar-refractivity contribution in [3.05, 3.63) is 35.4 Å². The second kappa shape index (κ2) is 8.86. The van der Waals surface area contributed by atoms with E-state index in [1.807, 2.05) is 0 Å². The van der Waals surface area contributed by atoms with Gasteiger partial charge >= 0.3 is 0 Å². The van der Waals surface area contributed by atoms with Crippen molar-refractivity contribution in [3.63, 3.8) is 0 Å². The Morgan fingerprint density at radius 2 is 1.84 bits per heavy atom. The Bertz CT molecular complexity index is 379. The van der Waals surface area contributed by atoms with Crippen LogP contribution in [0.25, 0.3) is 0 Å². The maximum Gasteiger partial charge on any atom is 0.0168 e. The minimum absolute atomic E-state index is 0. The number of benzene rings is 1. The van der Waals surface area contributed by atoms with Crippen molar-refractivity contribution in [1.82, 2.24) is 0 Å². The molecule has 1 rings (SSSR count). The topological polar surface area (TPSA) is 0 Å². The summed E-state index contributed by atoms with van der Waals surface area (Å²) >= 11 is 0. The van der Waals surface area contributed by atoms with E-state index < -0.39 is 11.6 Å². The molecule has 0 nitrogen and oxygen atoms in total. The van der Waals surface area contributed by atoms with Crippen LogP contribution in [-0.4, -0.2) is 0 Å². The average Bonchev–Trinajstić information content (AvgIpc) is 2.33. The van der Waals surface area contributed by atoms with Crippen molar-refractivity contribution in [3.8, 4) is 0 Å². The van der Waals surface area contributed by atoms with E-state index in [1.165, 1.54) is 25.3 Å². The standard InChI is InChI=1S/C16H23F2.Ti/c1-4-6-7-10-16(3,5-2)12-13-8-9-14(17)11-15(13)18;/h8-9H,4-7,10,12H2,1-3H3;/q-1;. The molecule has 0 saturated heterocycles. The molecule has 0 fully saturated rings. The number of halogens is 2. The van der Waals surface area contributed by atoms with Gasteiger partial charge in [-0.1, -0.05) is 52.9 Å². The Kier molecular flexibility index (Phi) is 8.77. The molecular weight excluding hydrogens is 278 g/mol. The maximum atomic E-state index is 13.6. The number of hydrogen-bond donors (Lipinski definition) is 0. The molecule has 0 saturated carbocycles. The van der Waals surface area contributed by atoms with Gasteiger partial charge in [0.1, 0.15) is 0 Å². The molecule has 0 bridgehead atoms. The molecule has 1 aromatic carbocycles. The van der Waals surface area contributed by atoms with Gasteiger partial charge < -0.3 is 0 Å². The fourth-order valence-electron chi connectivity index (χ4n) is 2.26. The van der Waals surface area contributed by atoms with E-state index in [0.29, 0.717) is 12.0 Å². The van der Waals surface area contributed by atoms with Crippen molar-refractivity contribution in [1.29, 1.82) is 0 Å². The van der Waals surface area contributed by atoms with Gasteiger partial charge in [-0.15, -0.1) is 17.7 Å². The monoisotopic (exact) mass is 301 g/mol. The summed E-state index contributed by atoms with van der Waals surface area (Å²) in [5.41, 5.74) is 0.680. The van der Waals surface area contributed by atoms with Gasteiger partial charge in [0.05, 0.1) is 0 Å². The normalized spacial score (nSPS) is 13.7. The average molecular weight is 301 g/mol. The summed E-state index contributed by atoms with van der Waals surface area (Å²) < 4.78 is 26.4. The molecule has 1 atom stereocenters. The zero-order chi connectivity index (χ0) is 13.6. The molecule has 0 heterocycles. The van der Waals surface area contributed by atoms with E-state index >= 15 is 0 Å². The Hall–Kier alpha value is -0.206. The van der Waals surface area contributed by atoms with Crippen LogP contribution in [0.15, 0.2) is 12.1 Å². The molecule has 0 radical (unpaired) electrons. The van der Waals surface area contributed by atoms with Crippen LogP contribution in [0.4, 0.5) is 8.78 Å². The first kappa shape index (κ1) is 18.8. The van der Waals surface area contributed by atoms with Crippen LogP contribution in [0.2, 0.25) is 0 Å². The second-order valence-electron chi connectivity index (χ2n) is 5.44. The molecule has 19 heavy (non-hydrogen) atoms. The fraction of sp³-hybridized carbons (Fsp3) is 0.625. The number of unbranched alkanes of at least 4 members (excludes halogenated alkanes) is 2. The van der Waals surface area contributed by atoms with Crippen LogP contribution >= 0.6 is 0 Å². The first-order valence-electron chi connectivity index (χ1n) is 6.87. The smallest absolute Gasteiger partial charge is 0.0168 e. The third kappa shape index (κ3) is 6.18. The van der Waals surface area contributed by atoms with Gasteiger partial charge in [0, 0.05) is 33.4 Å². The van der Waals surface area contributed by atoms with E-state index in [2.05, 4.69) is 26.8 Å². The summed E-state index contributed by atoms with van der Waals surface area (Å²) in [6, 6.07) is 4.96. The first-order valence-corrected chi connectivity index (χ1v) is 6.87. The zero-order valence-corrected chi connectivity index (χ0v) is 13.7.